The molecule has 0 unspecified atom stereocenters. The highest BCUT2D eigenvalue weighted by Gasteiger charge is 2.16. The van der Waals surface area contributed by atoms with E-state index in [9.17, 15) is 10.1 Å². The number of nitrogens with zero attached hydrogens (tertiary/aromatic N) is 1. The molecule has 1 heterocycles. The van der Waals surface area contributed by atoms with Crippen molar-refractivity contribution in [2.24, 2.45) is 0 Å². The summed E-state index contributed by atoms with van der Waals surface area (Å²) in [6.07, 6.45) is 2.15. The van der Waals surface area contributed by atoms with Gasteiger partial charge in [0.05, 0.1) is 9.40 Å². The summed E-state index contributed by atoms with van der Waals surface area (Å²) in [4.78, 5) is 10.5. The first-order valence-corrected chi connectivity index (χ1v) is 7.63. The first-order valence-electron chi connectivity index (χ1n) is 5.79. The SMILES string of the molecule is O=[N+]([O-])c1cc(CSC2CCOCC2)ccc1Br. The van der Waals surface area contributed by atoms with Gasteiger partial charge in [-0.25, -0.2) is 0 Å². The molecule has 18 heavy (non-hydrogen) atoms. The molecule has 2 rings (SSSR count). The minimum Gasteiger partial charge on any atom is -0.381 e. The third-order valence-corrected chi connectivity index (χ3v) is 4.97. The third-order valence-electron chi connectivity index (χ3n) is 2.86. The molecular weight excluding hydrogens is 318 g/mol. The van der Waals surface area contributed by atoms with E-state index in [0.29, 0.717) is 9.72 Å². The largest absolute Gasteiger partial charge is 0.381 e. The van der Waals surface area contributed by atoms with Gasteiger partial charge < -0.3 is 4.74 Å². The average molecular weight is 332 g/mol. The summed E-state index contributed by atoms with van der Waals surface area (Å²) >= 11 is 5.05. The zero-order chi connectivity index (χ0) is 13.0. The van der Waals surface area contributed by atoms with Crippen molar-refractivity contribution in [3.8, 4) is 0 Å². The van der Waals surface area contributed by atoms with Gasteiger partial charge in [0.25, 0.3) is 5.69 Å². The molecule has 0 saturated carbocycles. The summed E-state index contributed by atoms with van der Waals surface area (Å²) in [7, 11) is 0. The molecule has 1 aliphatic heterocycles. The fraction of sp³-hybridized carbons (Fsp3) is 0.500. The molecule has 1 aromatic rings. The topological polar surface area (TPSA) is 52.4 Å². The minimum absolute atomic E-state index is 0.139. The maximum Gasteiger partial charge on any atom is 0.283 e. The lowest BCUT2D eigenvalue weighted by Gasteiger charge is -2.21. The molecule has 0 spiro atoms. The van der Waals surface area contributed by atoms with Crippen LogP contribution in [0.5, 0.6) is 0 Å². The lowest BCUT2D eigenvalue weighted by molar-refractivity contribution is -0.385. The van der Waals surface area contributed by atoms with Gasteiger partial charge in [0.15, 0.2) is 0 Å². The van der Waals surface area contributed by atoms with E-state index < -0.39 is 0 Å². The number of thioether (sulfide) groups is 1. The predicted octanol–water partition coefficient (Wildman–Crippen LogP) is 3.77. The molecule has 0 atom stereocenters. The summed E-state index contributed by atoms with van der Waals surface area (Å²) in [5.41, 5.74) is 1.14. The number of hydrogen-bond donors (Lipinski definition) is 0. The van der Waals surface area contributed by atoms with E-state index in [1.54, 1.807) is 12.1 Å². The summed E-state index contributed by atoms with van der Waals surface area (Å²) in [5, 5.41) is 11.4. The van der Waals surface area contributed by atoms with Crippen LogP contribution < -0.4 is 0 Å². The fourth-order valence-electron chi connectivity index (χ4n) is 1.84. The zero-order valence-corrected chi connectivity index (χ0v) is 12.2. The Hall–Kier alpha value is -0.590. The van der Waals surface area contributed by atoms with Crippen molar-refractivity contribution in [3.63, 3.8) is 0 Å². The monoisotopic (exact) mass is 331 g/mol. The number of halogens is 1. The molecule has 6 heteroatoms. The fourth-order valence-corrected chi connectivity index (χ4v) is 3.37. The summed E-state index contributed by atoms with van der Waals surface area (Å²) in [6, 6.07) is 5.33. The maximum atomic E-state index is 10.8. The highest BCUT2D eigenvalue weighted by molar-refractivity contribution is 9.10. The van der Waals surface area contributed by atoms with E-state index >= 15 is 0 Å². The van der Waals surface area contributed by atoms with Gasteiger partial charge in [-0.3, -0.25) is 10.1 Å². The van der Waals surface area contributed by atoms with Crippen molar-refractivity contribution in [3.05, 3.63) is 38.3 Å². The Balaban J connectivity index is 1.96. The van der Waals surface area contributed by atoms with E-state index in [-0.39, 0.29) is 10.6 Å². The van der Waals surface area contributed by atoms with Crippen molar-refractivity contribution in [2.45, 2.75) is 23.8 Å². The van der Waals surface area contributed by atoms with Crippen LogP contribution in [0.3, 0.4) is 0 Å². The van der Waals surface area contributed by atoms with Gasteiger partial charge in [0, 0.05) is 30.3 Å². The van der Waals surface area contributed by atoms with Crippen molar-refractivity contribution >= 4 is 33.4 Å². The highest BCUT2D eigenvalue weighted by atomic mass is 79.9. The molecule has 1 aliphatic rings. The minimum atomic E-state index is -0.354. The molecule has 0 amide bonds. The van der Waals surface area contributed by atoms with Crippen LogP contribution in [0, 0.1) is 10.1 Å². The molecule has 1 fully saturated rings. The van der Waals surface area contributed by atoms with Crippen LogP contribution in [0.15, 0.2) is 22.7 Å². The van der Waals surface area contributed by atoms with Crippen molar-refractivity contribution < 1.29 is 9.66 Å². The van der Waals surface area contributed by atoms with Gasteiger partial charge >= 0.3 is 0 Å². The second-order valence-corrected chi connectivity index (χ2v) is 6.31. The van der Waals surface area contributed by atoms with Crippen LogP contribution in [0.25, 0.3) is 0 Å². The Labute approximate surface area is 118 Å². The molecule has 0 aromatic heterocycles. The Morgan fingerprint density at radius 1 is 1.44 bits per heavy atom. The molecule has 0 N–H and O–H groups in total. The second kappa shape index (κ2) is 6.54. The molecular formula is C12H14BrNO3S. The Morgan fingerprint density at radius 3 is 2.83 bits per heavy atom. The zero-order valence-electron chi connectivity index (χ0n) is 9.80. The number of nitro groups is 1. The normalized spacial score (nSPS) is 16.7. The van der Waals surface area contributed by atoms with Gasteiger partial charge in [-0.15, -0.1) is 0 Å². The molecule has 1 saturated heterocycles. The molecule has 1 aromatic carbocycles. The standard InChI is InChI=1S/C12H14BrNO3S/c13-11-2-1-9(7-12(11)14(15)16)8-18-10-3-5-17-6-4-10/h1-2,7,10H,3-6,8H2. The number of rotatable bonds is 4. The Kier molecular flexibility index (Phi) is 5.03. The number of nitro benzene ring substituents is 1. The number of ether oxygens (including phenoxy) is 1. The molecule has 0 aliphatic carbocycles. The van der Waals surface area contributed by atoms with Gasteiger partial charge in [0.2, 0.25) is 0 Å². The average Bonchev–Trinajstić information content (AvgIpc) is 2.38. The third kappa shape index (κ3) is 3.70. The smallest absolute Gasteiger partial charge is 0.283 e. The number of hydrogen-bond acceptors (Lipinski definition) is 4. The van der Waals surface area contributed by atoms with E-state index in [1.807, 2.05) is 17.8 Å². The quantitative estimate of drug-likeness (QED) is 0.622. The number of benzene rings is 1. The van der Waals surface area contributed by atoms with E-state index in [0.717, 1.165) is 37.4 Å². The first kappa shape index (κ1) is 13.8. The first-order chi connectivity index (χ1) is 8.66. The molecule has 0 bridgehead atoms. The van der Waals surface area contributed by atoms with Gasteiger partial charge in [-0.2, -0.15) is 11.8 Å². The second-order valence-electron chi connectivity index (χ2n) is 4.17. The van der Waals surface area contributed by atoms with Crippen LogP contribution in [0.2, 0.25) is 0 Å². The van der Waals surface area contributed by atoms with E-state index in [1.165, 1.54) is 0 Å². The van der Waals surface area contributed by atoms with Gasteiger partial charge in [-0.05, 0) is 40.4 Å². The lowest BCUT2D eigenvalue weighted by Crippen LogP contribution is -2.17. The van der Waals surface area contributed by atoms with Crippen LogP contribution in [0.4, 0.5) is 5.69 Å². The maximum absolute atomic E-state index is 10.8. The van der Waals surface area contributed by atoms with Gasteiger partial charge in [0.1, 0.15) is 0 Å². The van der Waals surface area contributed by atoms with Crippen LogP contribution in [-0.2, 0) is 10.5 Å². The van der Waals surface area contributed by atoms with Crippen molar-refractivity contribution in [1.29, 1.82) is 0 Å². The van der Waals surface area contributed by atoms with Crippen molar-refractivity contribution in [1.82, 2.24) is 0 Å². The molecule has 0 radical (unpaired) electrons. The van der Waals surface area contributed by atoms with Crippen LogP contribution >= 0.6 is 27.7 Å². The lowest BCUT2D eigenvalue weighted by atomic mass is 10.2. The summed E-state index contributed by atoms with van der Waals surface area (Å²) < 4.78 is 5.84. The summed E-state index contributed by atoms with van der Waals surface area (Å²) in [6.45, 7) is 1.66. The van der Waals surface area contributed by atoms with E-state index in [4.69, 9.17) is 4.74 Å². The van der Waals surface area contributed by atoms with E-state index in [2.05, 4.69) is 15.9 Å². The van der Waals surface area contributed by atoms with Crippen molar-refractivity contribution in [2.75, 3.05) is 13.2 Å². The summed E-state index contributed by atoms with van der Waals surface area (Å²) in [5.74, 6) is 0.818. The predicted molar refractivity (Wildman–Crippen MR) is 75.9 cm³/mol. The Morgan fingerprint density at radius 2 is 2.17 bits per heavy atom. The van der Waals surface area contributed by atoms with Crippen LogP contribution in [0.1, 0.15) is 18.4 Å². The Bertz CT molecular complexity index is 435. The molecule has 4 nitrogen and oxygen atoms in total. The van der Waals surface area contributed by atoms with Crippen LogP contribution in [-0.4, -0.2) is 23.4 Å². The van der Waals surface area contributed by atoms with Gasteiger partial charge in [-0.1, -0.05) is 6.07 Å². The molecule has 98 valence electrons. The highest BCUT2D eigenvalue weighted by Crippen LogP contribution is 2.30.